The van der Waals surface area contributed by atoms with Crippen LogP contribution in [0, 0.1) is 0 Å². The van der Waals surface area contributed by atoms with E-state index in [2.05, 4.69) is 10.4 Å². The number of aromatic nitrogens is 3. The van der Waals surface area contributed by atoms with Gasteiger partial charge in [0.05, 0.1) is 23.9 Å². The number of halogens is 3. The van der Waals surface area contributed by atoms with Crippen LogP contribution in [-0.2, 0) is 37.3 Å². The zero-order valence-electron chi connectivity index (χ0n) is 19.9. The number of alkyl halides is 3. The molecule has 1 aromatic carbocycles. The molecule has 0 radical (unpaired) electrons. The fraction of sp³-hybridized carbons (Fsp3) is 0.400. The Morgan fingerprint density at radius 2 is 1.89 bits per heavy atom. The number of carbonyl (C=O) groups is 2. The lowest BCUT2D eigenvalue weighted by molar-refractivity contribution is -0.137. The summed E-state index contributed by atoms with van der Waals surface area (Å²) in [6.45, 7) is 3.93. The molecule has 2 heterocycles. The quantitative estimate of drug-likeness (QED) is 0.405. The Balaban J connectivity index is 1.86. The second-order valence-corrected chi connectivity index (χ2v) is 8.62. The van der Waals surface area contributed by atoms with Gasteiger partial charge in [-0.05, 0) is 68.0 Å². The van der Waals surface area contributed by atoms with Gasteiger partial charge in [0.15, 0.2) is 0 Å². The topological polar surface area (TPSA) is 89.2 Å². The Morgan fingerprint density at radius 3 is 2.49 bits per heavy atom. The fourth-order valence-corrected chi connectivity index (χ4v) is 4.07. The number of carboxylic acid groups (broad SMARTS) is 1. The smallest absolute Gasteiger partial charge is 0.418 e. The molecule has 0 aliphatic carbocycles. The summed E-state index contributed by atoms with van der Waals surface area (Å²) in [6.07, 6.45) is 1.65. The van der Waals surface area contributed by atoms with E-state index >= 15 is 0 Å². The van der Waals surface area contributed by atoms with Gasteiger partial charge in [0.25, 0.3) is 5.91 Å². The van der Waals surface area contributed by atoms with Crippen LogP contribution in [0.25, 0.3) is 0 Å². The van der Waals surface area contributed by atoms with Crippen molar-refractivity contribution in [1.82, 2.24) is 14.3 Å². The average molecular weight is 491 g/mol. The molecule has 0 unspecified atom stereocenters. The highest BCUT2D eigenvalue weighted by Crippen LogP contribution is 2.36. The highest BCUT2D eigenvalue weighted by atomic mass is 19.4. The normalized spacial score (nSPS) is 12.5. The van der Waals surface area contributed by atoms with Crippen molar-refractivity contribution in [2.75, 3.05) is 5.32 Å². The second-order valence-electron chi connectivity index (χ2n) is 8.62. The molecule has 3 rings (SSSR count). The fourth-order valence-electron chi connectivity index (χ4n) is 4.07. The number of nitrogens with one attached hydrogen (secondary N) is 1. The zero-order valence-corrected chi connectivity index (χ0v) is 19.9. The number of hydrogen-bond acceptors (Lipinski definition) is 3. The molecule has 10 heteroatoms. The van der Waals surface area contributed by atoms with Gasteiger partial charge in [-0.3, -0.25) is 14.3 Å². The van der Waals surface area contributed by atoms with Crippen LogP contribution in [0.2, 0.25) is 0 Å². The summed E-state index contributed by atoms with van der Waals surface area (Å²) < 4.78 is 44.3. The van der Waals surface area contributed by atoms with Crippen molar-refractivity contribution in [3.05, 3.63) is 70.8 Å². The number of rotatable bonds is 10. The molecule has 35 heavy (non-hydrogen) atoms. The molecule has 2 aromatic heterocycles. The minimum Gasteiger partial charge on any atom is -0.481 e. The Kier molecular flexibility index (Phi) is 8.03. The van der Waals surface area contributed by atoms with Crippen molar-refractivity contribution >= 4 is 17.6 Å². The number of anilines is 1. The van der Waals surface area contributed by atoms with Crippen molar-refractivity contribution in [2.24, 2.45) is 7.05 Å². The van der Waals surface area contributed by atoms with Crippen molar-refractivity contribution in [3.8, 4) is 0 Å². The standard InChI is InChI=1S/C25H29F3N4O3/c1-4-16(2)32-19(7-5-6-18-14-29-31(3)15-18)9-11-22(32)24(35)30-21-12-17(13-23(33)34)8-10-20(21)25(26,27)28/h8-12,14-16H,4-7,13H2,1-3H3,(H,30,35)(H,33,34)/t16-/m0/s1. The molecule has 0 aliphatic heterocycles. The van der Waals surface area contributed by atoms with Crippen molar-refractivity contribution in [2.45, 2.75) is 58.2 Å². The van der Waals surface area contributed by atoms with Crippen molar-refractivity contribution in [1.29, 1.82) is 0 Å². The first-order valence-corrected chi connectivity index (χ1v) is 11.4. The Morgan fingerprint density at radius 1 is 1.14 bits per heavy atom. The van der Waals surface area contributed by atoms with Crippen LogP contribution >= 0.6 is 0 Å². The second kappa shape index (κ2) is 10.8. The first kappa shape index (κ1) is 26.1. The summed E-state index contributed by atoms with van der Waals surface area (Å²) in [5, 5.41) is 15.5. The minimum absolute atomic E-state index is 0.0421. The van der Waals surface area contributed by atoms with E-state index in [0.29, 0.717) is 6.42 Å². The number of benzene rings is 1. The number of aliphatic carboxylic acids is 1. The molecule has 0 bridgehead atoms. The highest BCUT2D eigenvalue weighted by molar-refractivity contribution is 6.04. The lowest BCUT2D eigenvalue weighted by Gasteiger charge is -2.20. The lowest BCUT2D eigenvalue weighted by atomic mass is 10.1. The lowest BCUT2D eigenvalue weighted by Crippen LogP contribution is -2.22. The predicted molar refractivity (Wildman–Crippen MR) is 125 cm³/mol. The maximum absolute atomic E-state index is 13.6. The monoisotopic (exact) mass is 490 g/mol. The van der Waals surface area contributed by atoms with E-state index in [1.807, 2.05) is 43.9 Å². The van der Waals surface area contributed by atoms with Gasteiger partial charge in [0.1, 0.15) is 5.69 Å². The molecule has 0 fully saturated rings. The van der Waals surface area contributed by atoms with E-state index in [4.69, 9.17) is 5.11 Å². The van der Waals surface area contributed by atoms with Crippen LogP contribution < -0.4 is 5.32 Å². The third-order valence-corrected chi connectivity index (χ3v) is 5.92. The third-order valence-electron chi connectivity index (χ3n) is 5.92. The van der Waals surface area contributed by atoms with E-state index in [-0.39, 0.29) is 17.3 Å². The molecule has 0 saturated heterocycles. The van der Waals surface area contributed by atoms with Gasteiger partial charge in [-0.25, -0.2) is 0 Å². The minimum atomic E-state index is -4.71. The van der Waals surface area contributed by atoms with Crippen LogP contribution in [0.1, 0.15) is 65.6 Å². The molecular formula is C25H29F3N4O3. The maximum atomic E-state index is 13.6. The molecule has 0 spiro atoms. The van der Waals surface area contributed by atoms with Gasteiger partial charge in [-0.2, -0.15) is 18.3 Å². The van der Waals surface area contributed by atoms with E-state index in [1.54, 1.807) is 10.7 Å². The molecule has 3 aromatic rings. The number of amides is 1. The molecule has 1 amide bonds. The van der Waals surface area contributed by atoms with Gasteiger partial charge < -0.3 is 15.0 Å². The average Bonchev–Trinajstić information content (AvgIpc) is 3.38. The summed E-state index contributed by atoms with van der Waals surface area (Å²) in [5.41, 5.74) is 0.952. The summed E-state index contributed by atoms with van der Waals surface area (Å²) in [4.78, 5) is 24.2. The molecule has 7 nitrogen and oxygen atoms in total. The summed E-state index contributed by atoms with van der Waals surface area (Å²) in [6, 6.07) is 6.38. The number of carbonyl (C=O) groups excluding carboxylic acids is 1. The molecule has 2 N–H and O–H groups in total. The molecule has 1 atom stereocenters. The zero-order chi connectivity index (χ0) is 25.8. The van der Waals surface area contributed by atoms with E-state index in [9.17, 15) is 22.8 Å². The van der Waals surface area contributed by atoms with E-state index in [0.717, 1.165) is 48.7 Å². The van der Waals surface area contributed by atoms with Gasteiger partial charge in [0, 0.05) is 25.0 Å². The van der Waals surface area contributed by atoms with E-state index < -0.39 is 35.7 Å². The van der Waals surface area contributed by atoms with Crippen LogP contribution in [0.4, 0.5) is 18.9 Å². The van der Waals surface area contributed by atoms with Crippen molar-refractivity contribution in [3.63, 3.8) is 0 Å². The summed E-state index contributed by atoms with van der Waals surface area (Å²) in [5.74, 6) is -1.86. The highest BCUT2D eigenvalue weighted by Gasteiger charge is 2.34. The Bertz CT molecular complexity index is 1200. The number of hydrogen-bond donors (Lipinski definition) is 2. The number of aryl methyl sites for hydroxylation is 3. The predicted octanol–water partition coefficient (Wildman–Crippen LogP) is 5.27. The van der Waals surface area contributed by atoms with Crippen molar-refractivity contribution < 1.29 is 27.9 Å². The Hall–Kier alpha value is -3.56. The number of carboxylic acids is 1. The molecule has 0 aliphatic rings. The van der Waals surface area contributed by atoms with Crippen LogP contribution in [0.3, 0.4) is 0 Å². The Labute approximate surface area is 201 Å². The SMILES string of the molecule is CC[C@H](C)n1c(CCCc2cnn(C)c2)ccc1C(=O)Nc1cc(CC(=O)O)ccc1C(F)(F)F. The van der Waals surface area contributed by atoms with E-state index in [1.165, 1.54) is 0 Å². The molecular weight excluding hydrogens is 461 g/mol. The van der Waals surface area contributed by atoms with Gasteiger partial charge in [-0.1, -0.05) is 13.0 Å². The first-order chi connectivity index (χ1) is 16.5. The van der Waals surface area contributed by atoms with Crippen LogP contribution in [-0.4, -0.2) is 31.3 Å². The van der Waals surface area contributed by atoms with Gasteiger partial charge >= 0.3 is 12.1 Å². The van der Waals surface area contributed by atoms with Gasteiger partial charge in [-0.15, -0.1) is 0 Å². The molecule has 0 saturated carbocycles. The number of nitrogens with zero attached hydrogens (tertiary/aromatic N) is 3. The third kappa shape index (κ3) is 6.52. The molecule has 188 valence electrons. The first-order valence-electron chi connectivity index (χ1n) is 11.4. The van der Waals surface area contributed by atoms with Crippen LogP contribution in [0.15, 0.2) is 42.7 Å². The summed E-state index contributed by atoms with van der Waals surface area (Å²) in [7, 11) is 1.85. The van der Waals surface area contributed by atoms with Gasteiger partial charge in [0.2, 0.25) is 0 Å². The largest absolute Gasteiger partial charge is 0.481 e. The maximum Gasteiger partial charge on any atom is 0.418 e. The summed E-state index contributed by atoms with van der Waals surface area (Å²) >= 11 is 0. The van der Waals surface area contributed by atoms with Crippen LogP contribution in [0.5, 0.6) is 0 Å².